The summed E-state index contributed by atoms with van der Waals surface area (Å²) in [6, 6.07) is 9.96. The standard InChI is InChI=1S/C14H15Cl2N3/c1-9-4-3-5-10(6-9)8-18-14-12(16)7-11(15)13(17-2)19-14/h3-7H,8H2,1-2H3,(H2,17,18,19). The summed E-state index contributed by atoms with van der Waals surface area (Å²) in [5, 5.41) is 7.16. The highest BCUT2D eigenvalue weighted by atomic mass is 35.5. The highest BCUT2D eigenvalue weighted by Crippen LogP contribution is 2.29. The lowest BCUT2D eigenvalue weighted by molar-refractivity contribution is 1.10. The van der Waals surface area contributed by atoms with Crippen LogP contribution in [0.5, 0.6) is 0 Å². The lowest BCUT2D eigenvalue weighted by atomic mass is 10.1. The zero-order valence-electron chi connectivity index (χ0n) is 10.8. The predicted molar refractivity (Wildman–Crippen MR) is 82.3 cm³/mol. The Morgan fingerprint density at radius 2 is 1.84 bits per heavy atom. The largest absolute Gasteiger partial charge is 0.372 e. The summed E-state index contributed by atoms with van der Waals surface area (Å²) in [6.07, 6.45) is 0. The average Bonchev–Trinajstić information content (AvgIpc) is 2.38. The normalized spacial score (nSPS) is 10.3. The highest BCUT2D eigenvalue weighted by molar-refractivity contribution is 6.37. The van der Waals surface area contributed by atoms with Gasteiger partial charge < -0.3 is 10.6 Å². The van der Waals surface area contributed by atoms with E-state index in [4.69, 9.17) is 23.2 Å². The van der Waals surface area contributed by atoms with Gasteiger partial charge in [-0.1, -0.05) is 53.0 Å². The van der Waals surface area contributed by atoms with Crippen LogP contribution in [0.1, 0.15) is 11.1 Å². The van der Waals surface area contributed by atoms with Gasteiger partial charge in [-0.3, -0.25) is 0 Å². The van der Waals surface area contributed by atoms with Gasteiger partial charge in [0.1, 0.15) is 11.6 Å². The predicted octanol–water partition coefficient (Wildman–Crippen LogP) is 4.35. The van der Waals surface area contributed by atoms with Gasteiger partial charge in [0.05, 0.1) is 10.0 Å². The van der Waals surface area contributed by atoms with Crippen LogP contribution in [0.15, 0.2) is 30.3 Å². The number of hydrogen-bond donors (Lipinski definition) is 2. The van der Waals surface area contributed by atoms with E-state index in [0.717, 1.165) is 0 Å². The third-order valence-corrected chi connectivity index (χ3v) is 3.28. The summed E-state index contributed by atoms with van der Waals surface area (Å²) in [5.41, 5.74) is 2.41. The Morgan fingerprint density at radius 1 is 1.11 bits per heavy atom. The first-order chi connectivity index (χ1) is 9.10. The van der Waals surface area contributed by atoms with Crippen LogP contribution in [0.3, 0.4) is 0 Å². The molecule has 0 saturated heterocycles. The van der Waals surface area contributed by atoms with Gasteiger partial charge in [-0.2, -0.15) is 0 Å². The van der Waals surface area contributed by atoms with E-state index in [0.29, 0.717) is 28.2 Å². The molecule has 3 nitrogen and oxygen atoms in total. The molecule has 0 spiro atoms. The summed E-state index contributed by atoms with van der Waals surface area (Å²) < 4.78 is 0. The van der Waals surface area contributed by atoms with E-state index in [1.165, 1.54) is 11.1 Å². The van der Waals surface area contributed by atoms with Gasteiger partial charge in [-0.05, 0) is 18.6 Å². The first-order valence-electron chi connectivity index (χ1n) is 5.93. The number of nitrogens with one attached hydrogen (secondary N) is 2. The summed E-state index contributed by atoms with van der Waals surface area (Å²) in [4.78, 5) is 4.34. The molecule has 1 aromatic carbocycles. The molecule has 1 aromatic heterocycles. The van der Waals surface area contributed by atoms with E-state index in [1.807, 2.05) is 6.07 Å². The molecule has 2 rings (SSSR count). The SMILES string of the molecule is CNc1nc(NCc2cccc(C)c2)c(Cl)cc1Cl. The molecule has 0 aliphatic carbocycles. The molecule has 1 heterocycles. The van der Waals surface area contributed by atoms with Gasteiger partial charge in [-0.15, -0.1) is 0 Å². The lowest BCUT2D eigenvalue weighted by Crippen LogP contribution is -2.04. The van der Waals surface area contributed by atoms with Crippen LogP contribution < -0.4 is 10.6 Å². The molecule has 0 bridgehead atoms. The first-order valence-corrected chi connectivity index (χ1v) is 6.69. The zero-order valence-corrected chi connectivity index (χ0v) is 12.3. The molecule has 0 atom stereocenters. The van der Waals surface area contributed by atoms with E-state index in [1.54, 1.807) is 13.1 Å². The summed E-state index contributed by atoms with van der Waals surface area (Å²) in [5.74, 6) is 1.23. The van der Waals surface area contributed by atoms with Crippen molar-refractivity contribution in [3.05, 3.63) is 51.5 Å². The van der Waals surface area contributed by atoms with Crippen molar-refractivity contribution in [1.82, 2.24) is 4.98 Å². The van der Waals surface area contributed by atoms with Gasteiger partial charge in [0.25, 0.3) is 0 Å². The third kappa shape index (κ3) is 3.52. The number of anilines is 2. The number of nitrogens with zero attached hydrogens (tertiary/aromatic N) is 1. The lowest BCUT2D eigenvalue weighted by Gasteiger charge is -2.11. The number of hydrogen-bond acceptors (Lipinski definition) is 3. The minimum absolute atomic E-state index is 0.508. The van der Waals surface area contributed by atoms with Gasteiger partial charge in [0.2, 0.25) is 0 Å². The molecule has 0 amide bonds. The molecular weight excluding hydrogens is 281 g/mol. The van der Waals surface area contributed by atoms with Gasteiger partial charge in [-0.25, -0.2) is 4.98 Å². The monoisotopic (exact) mass is 295 g/mol. The van der Waals surface area contributed by atoms with Crippen molar-refractivity contribution in [2.45, 2.75) is 13.5 Å². The maximum absolute atomic E-state index is 6.12. The molecule has 2 N–H and O–H groups in total. The van der Waals surface area contributed by atoms with Crippen molar-refractivity contribution in [2.75, 3.05) is 17.7 Å². The molecular formula is C14H15Cl2N3. The number of halogens is 2. The Balaban J connectivity index is 2.15. The van der Waals surface area contributed by atoms with Crippen LogP contribution in [0.25, 0.3) is 0 Å². The molecule has 100 valence electrons. The molecule has 0 radical (unpaired) electrons. The number of rotatable bonds is 4. The van der Waals surface area contributed by atoms with Crippen molar-refractivity contribution in [1.29, 1.82) is 0 Å². The number of aromatic nitrogens is 1. The smallest absolute Gasteiger partial charge is 0.147 e. The Kier molecular flexibility index (Phi) is 4.51. The fourth-order valence-electron chi connectivity index (χ4n) is 1.77. The van der Waals surface area contributed by atoms with Crippen LogP contribution in [-0.4, -0.2) is 12.0 Å². The fourth-order valence-corrected chi connectivity index (χ4v) is 2.29. The molecule has 0 unspecified atom stereocenters. The Labute approximate surface area is 123 Å². The zero-order chi connectivity index (χ0) is 13.8. The second-order valence-electron chi connectivity index (χ2n) is 4.24. The maximum atomic E-state index is 6.12. The van der Waals surface area contributed by atoms with Crippen molar-refractivity contribution < 1.29 is 0 Å². The summed E-state index contributed by atoms with van der Waals surface area (Å²) in [7, 11) is 1.77. The number of pyridine rings is 1. The van der Waals surface area contributed by atoms with Crippen molar-refractivity contribution in [3.63, 3.8) is 0 Å². The molecule has 0 aliphatic rings. The van der Waals surface area contributed by atoms with Crippen molar-refractivity contribution in [3.8, 4) is 0 Å². The topological polar surface area (TPSA) is 37.0 Å². The quantitative estimate of drug-likeness (QED) is 0.880. The van der Waals surface area contributed by atoms with Crippen LogP contribution in [0.2, 0.25) is 10.0 Å². The Morgan fingerprint density at radius 3 is 2.53 bits per heavy atom. The van der Waals surface area contributed by atoms with Gasteiger partial charge in [0.15, 0.2) is 0 Å². The fraction of sp³-hybridized carbons (Fsp3) is 0.214. The molecule has 0 fully saturated rings. The first kappa shape index (κ1) is 14.0. The Hall–Kier alpha value is -1.45. The highest BCUT2D eigenvalue weighted by Gasteiger charge is 2.08. The third-order valence-electron chi connectivity index (χ3n) is 2.71. The minimum atomic E-state index is 0.508. The maximum Gasteiger partial charge on any atom is 0.147 e. The molecule has 2 aromatic rings. The van der Waals surface area contributed by atoms with E-state index >= 15 is 0 Å². The second-order valence-corrected chi connectivity index (χ2v) is 5.06. The second kappa shape index (κ2) is 6.13. The van der Waals surface area contributed by atoms with E-state index < -0.39 is 0 Å². The number of aryl methyl sites for hydroxylation is 1. The summed E-state index contributed by atoms with van der Waals surface area (Å²) >= 11 is 12.1. The van der Waals surface area contributed by atoms with Crippen molar-refractivity contribution in [2.24, 2.45) is 0 Å². The average molecular weight is 296 g/mol. The van der Waals surface area contributed by atoms with Crippen LogP contribution in [0, 0.1) is 6.92 Å². The number of benzene rings is 1. The Bertz CT molecular complexity index is 585. The van der Waals surface area contributed by atoms with E-state index in [2.05, 4.69) is 40.7 Å². The van der Waals surface area contributed by atoms with Gasteiger partial charge >= 0.3 is 0 Å². The molecule has 0 saturated carbocycles. The summed E-state index contributed by atoms with van der Waals surface area (Å²) in [6.45, 7) is 2.73. The molecule has 5 heteroatoms. The molecule has 19 heavy (non-hydrogen) atoms. The van der Waals surface area contributed by atoms with E-state index in [-0.39, 0.29) is 0 Å². The van der Waals surface area contributed by atoms with Crippen LogP contribution >= 0.6 is 23.2 Å². The van der Waals surface area contributed by atoms with Crippen LogP contribution in [0.4, 0.5) is 11.6 Å². The van der Waals surface area contributed by atoms with Gasteiger partial charge in [0, 0.05) is 13.6 Å². The van der Waals surface area contributed by atoms with Crippen LogP contribution in [-0.2, 0) is 6.54 Å². The molecule has 0 aliphatic heterocycles. The van der Waals surface area contributed by atoms with E-state index in [9.17, 15) is 0 Å². The minimum Gasteiger partial charge on any atom is -0.372 e. The van der Waals surface area contributed by atoms with Crippen molar-refractivity contribution >= 4 is 34.8 Å².